The minimum atomic E-state index is -0.0439. The average Bonchev–Trinajstić information content (AvgIpc) is 2.52. The third-order valence-electron chi connectivity index (χ3n) is 3.23. The Morgan fingerprint density at radius 1 is 1.46 bits per heavy atom. The normalized spacial score (nSPS) is 28.0. The Labute approximate surface area is 80.7 Å². The fourth-order valence-corrected chi connectivity index (χ4v) is 2.49. The van der Waals surface area contributed by atoms with Crippen molar-refractivity contribution in [2.75, 3.05) is 7.11 Å². The highest BCUT2D eigenvalue weighted by Crippen LogP contribution is 2.38. The molecule has 2 atom stereocenters. The van der Waals surface area contributed by atoms with Gasteiger partial charge in [0.15, 0.2) is 0 Å². The average molecular weight is 184 g/mol. The molecule has 0 radical (unpaired) electrons. The van der Waals surface area contributed by atoms with Gasteiger partial charge in [-0.2, -0.15) is 0 Å². The van der Waals surface area contributed by atoms with Gasteiger partial charge in [-0.25, -0.2) is 0 Å². The number of hydrogen-bond acceptors (Lipinski definition) is 2. The number of carbonyl (C=O) groups is 1. The number of ether oxygens (including phenoxy) is 1. The van der Waals surface area contributed by atoms with E-state index in [-0.39, 0.29) is 5.97 Å². The molecule has 2 nitrogen and oxygen atoms in total. The van der Waals surface area contributed by atoms with Crippen molar-refractivity contribution in [3.05, 3.63) is 0 Å². The maximum Gasteiger partial charge on any atom is 0.305 e. The van der Waals surface area contributed by atoms with E-state index in [4.69, 9.17) is 4.74 Å². The largest absolute Gasteiger partial charge is 0.469 e. The molecule has 1 saturated carbocycles. The Balaban J connectivity index is 2.44. The van der Waals surface area contributed by atoms with E-state index in [1.807, 2.05) is 0 Å². The van der Waals surface area contributed by atoms with Crippen LogP contribution in [0.2, 0.25) is 0 Å². The summed E-state index contributed by atoms with van der Waals surface area (Å²) >= 11 is 0. The van der Waals surface area contributed by atoms with Gasteiger partial charge >= 0.3 is 5.97 Å². The zero-order chi connectivity index (χ0) is 9.84. The Hall–Kier alpha value is -0.530. The molecule has 2 heteroatoms. The smallest absolute Gasteiger partial charge is 0.305 e. The first kappa shape index (κ1) is 10.6. The molecule has 0 saturated heterocycles. The predicted molar refractivity (Wildman–Crippen MR) is 52.3 cm³/mol. The number of esters is 1. The first-order chi connectivity index (χ1) is 6.15. The Kier molecular flexibility index (Phi) is 3.76. The summed E-state index contributed by atoms with van der Waals surface area (Å²) in [4.78, 5) is 11.1. The van der Waals surface area contributed by atoms with Gasteiger partial charge in [-0.3, -0.25) is 4.79 Å². The molecule has 0 aromatic rings. The van der Waals surface area contributed by atoms with Crippen LogP contribution in [0.1, 0.15) is 39.5 Å². The second-order valence-electron chi connectivity index (χ2n) is 4.38. The molecule has 0 amide bonds. The molecule has 0 bridgehead atoms. The van der Waals surface area contributed by atoms with Crippen LogP contribution in [0.4, 0.5) is 0 Å². The molecule has 13 heavy (non-hydrogen) atoms. The minimum absolute atomic E-state index is 0.0439. The number of carbonyl (C=O) groups excluding carboxylic acids is 1. The predicted octanol–water partition coefficient (Wildman–Crippen LogP) is 2.62. The van der Waals surface area contributed by atoms with Gasteiger partial charge in [0.2, 0.25) is 0 Å². The van der Waals surface area contributed by atoms with Gasteiger partial charge in [0, 0.05) is 6.42 Å². The summed E-state index contributed by atoms with van der Waals surface area (Å²) in [7, 11) is 1.47. The summed E-state index contributed by atoms with van der Waals surface area (Å²) in [6.07, 6.45) is 4.40. The van der Waals surface area contributed by atoms with Gasteiger partial charge in [0.1, 0.15) is 0 Å². The van der Waals surface area contributed by atoms with Crippen LogP contribution >= 0.6 is 0 Å². The van der Waals surface area contributed by atoms with E-state index in [9.17, 15) is 4.79 Å². The van der Waals surface area contributed by atoms with Crippen molar-refractivity contribution in [3.8, 4) is 0 Å². The first-order valence-electron chi connectivity index (χ1n) is 5.22. The molecule has 76 valence electrons. The maximum atomic E-state index is 11.1. The summed E-state index contributed by atoms with van der Waals surface area (Å²) in [5, 5.41) is 0. The molecule has 0 aromatic heterocycles. The van der Waals surface area contributed by atoms with Crippen molar-refractivity contribution in [3.63, 3.8) is 0 Å². The fraction of sp³-hybridized carbons (Fsp3) is 0.909. The molecule has 0 N–H and O–H groups in total. The third-order valence-corrected chi connectivity index (χ3v) is 3.23. The maximum absolute atomic E-state index is 11.1. The molecular weight excluding hydrogens is 164 g/mol. The summed E-state index contributed by atoms with van der Waals surface area (Å²) in [5.41, 5.74) is 0. The highest BCUT2D eigenvalue weighted by molar-refractivity contribution is 5.69. The quantitative estimate of drug-likeness (QED) is 0.630. The van der Waals surface area contributed by atoms with Crippen LogP contribution in [0.15, 0.2) is 0 Å². The number of methoxy groups -OCH3 is 1. The molecule has 0 unspecified atom stereocenters. The number of hydrogen-bond donors (Lipinski definition) is 0. The van der Waals surface area contributed by atoms with E-state index in [1.54, 1.807) is 0 Å². The molecule has 1 aliphatic carbocycles. The van der Waals surface area contributed by atoms with Crippen molar-refractivity contribution < 1.29 is 9.53 Å². The van der Waals surface area contributed by atoms with Crippen LogP contribution in [0.3, 0.4) is 0 Å². The summed E-state index contributed by atoms with van der Waals surface area (Å²) in [5.74, 6) is 1.97. The van der Waals surface area contributed by atoms with Gasteiger partial charge < -0.3 is 4.74 Å². The molecule has 1 aliphatic rings. The number of rotatable bonds is 3. The van der Waals surface area contributed by atoms with E-state index in [1.165, 1.54) is 26.4 Å². The van der Waals surface area contributed by atoms with Gasteiger partial charge in [-0.05, 0) is 30.6 Å². The lowest BCUT2D eigenvalue weighted by Crippen LogP contribution is -2.18. The van der Waals surface area contributed by atoms with Gasteiger partial charge in [-0.15, -0.1) is 0 Å². The monoisotopic (exact) mass is 184 g/mol. The summed E-state index contributed by atoms with van der Waals surface area (Å²) in [6.45, 7) is 4.50. The lowest BCUT2D eigenvalue weighted by Gasteiger charge is -2.21. The minimum Gasteiger partial charge on any atom is -0.469 e. The molecule has 0 spiro atoms. The van der Waals surface area contributed by atoms with E-state index >= 15 is 0 Å². The van der Waals surface area contributed by atoms with Crippen molar-refractivity contribution in [1.82, 2.24) is 0 Å². The van der Waals surface area contributed by atoms with Crippen LogP contribution in [0.25, 0.3) is 0 Å². The van der Waals surface area contributed by atoms with E-state index < -0.39 is 0 Å². The third kappa shape index (κ3) is 2.71. The van der Waals surface area contributed by atoms with Gasteiger partial charge in [-0.1, -0.05) is 20.3 Å². The molecule has 1 fully saturated rings. The Morgan fingerprint density at radius 3 is 2.69 bits per heavy atom. The van der Waals surface area contributed by atoms with Crippen molar-refractivity contribution in [1.29, 1.82) is 0 Å². The SMILES string of the molecule is COC(=O)C[C@H]1CCC[C@@H]1C(C)C. The first-order valence-corrected chi connectivity index (χ1v) is 5.22. The van der Waals surface area contributed by atoms with E-state index in [0.29, 0.717) is 18.3 Å². The molecule has 1 rings (SSSR count). The Bertz CT molecular complexity index is 175. The van der Waals surface area contributed by atoms with Crippen LogP contribution in [0, 0.1) is 17.8 Å². The standard InChI is InChI=1S/C11H20O2/c1-8(2)10-6-4-5-9(10)7-11(12)13-3/h8-10H,4-7H2,1-3H3/t9-,10-/m1/s1. The van der Waals surface area contributed by atoms with E-state index in [2.05, 4.69) is 13.8 Å². The second kappa shape index (κ2) is 4.64. The van der Waals surface area contributed by atoms with Crippen molar-refractivity contribution in [2.45, 2.75) is 39.5 Å². The van der Waals surface area contributed by atoms with Gasteiger partial charge in [0.05, 0.1) is 7.11 Å². The topological polar surface area (TPSA) is 26.3 Å². The molecular formula is C11H20O2. The van der Waals surface area contributed by atoms with Crippen LogP contribution in [-0.2, 0) is 9.53 Å². The van der Waals surface area contributed by atoms with Crippen LogP contribution in [0.5, 0.6) is 0 Å². The zero-order valence-corrected chi connectivity index (χ0v) is 8.88. The Morgan fingerprint density at radius 2 is 2.15 bits per heavy atom. The second-order valence-corrected chi connectivity index (χ2v) is 4.38. The van der Waals surface area contributed by atoms with Crippen molar-refractivity contribution >= 4 is 5.97 Å². The van der Waals surface area contributed by atoms with E-state index in [0.717, 1.165) is 5.92 Å². The van der Waals surface area contributed by atoms with Crippen molar-refractivity contribution in [2.24, 2.45) is 17.8 Å². The highest BCUT2D eigenvalue weighted by Gasteiger charge is 2.31. The summed E-state index contributed by atoms with van der Waals surface area (Å²) in [6, 6.07) is 0. The van der Waals surface area contributed by atoms with Crippen LogP contribution in [-0.4, -0.2) is 13.1 Å². The van der Waals surface area contributed by atoms with Gasteiger partial charge in [0.25, 0.3) is 0 Å². The fourth-order valence-electron chi connectivity index (χ4n) is 2.49. The van der Waals surface area contributed by atoms with Crippen LogP contribution < -0.4 is 0 Å². The molecule has 0 heterocycles. The lowest BCUT2D eigenvalue weighted by atomic mass is 9.84. The molecule has 0 aliphatic heterocycles. The molecule has 0 aromatic carbocycles. The lowest BCUT2D eigenvalue weighted by molar-refractivity contribution is -0.142. The summed E-state index contributed by atoms with van der Waals surface area (Å²) < 4.78 is 4.70. The highest BCUT2D eigenvalue weighted by atomic mass is 16.5. The zero-order valence-electron chi connectivity index (χ0n) is 8.88.